The predicted molar refractivity (Wildman–Crippen MR) is 94.1 cm³/mol. The molecule has 22 heavy (non-hydrogen) atoms. The normalized spacial score (nSPS) is 16.5. The highest BCUT2D eigenvalue weighted by Gasteiger charge is 2.42. The van der Waals surface area contributed by atoms with E-state index in [0.717, 1.165) is 41.4 Å². The van der Waals surface area contributed by atoms with Crippen LogP contribution in [0.4, 0.5) is 5.69 Å². The second kappa shape index (κ2) is 6.25. The molecule has 0 radical (unpaired) electrons. The van der Waals surface area contributed by atoms with Crippen molar-refractivity contribution in [2.24, 2.45) is 0 Å². The van der Waals surface area contributed by atoms with Gasteiger partial charge in [-0.15, -0.1) is 0 Å². The van der Waals surface area contributed by atoms with E-state index in [4.69, 9.17) is 0 Å². The van der Waals surface area contributed by atoms with E-state index in [9.17, 15) is 4.79 Å². The molecule has 3 rings (SSSR count). The number of halogens is 1. The zero-order chi connectivity index (χ0) is 15.6. The molecule has 1 aliphatic carbocycles. The fourth-order valence-electron chi connectivity index (χ4n) is 3.28. The van der Waals surface area contributed by atoms with Crippen LogP contribution in [-0.4, -0.2) is 5.91 Å². The number of anilines is 1. The quantitative estimate of drug-likeness (QED) is 0.802. The van der Waals surface area contributed by atoms with E-state index in [1.54, 1.807) is 0 Å². The first-order valence-electron chi connectivity index (χ1n) is 7.74. The zero-order valence-corrected chi connectivity index (χ0v) is 14.3. The average molecular weight is 358 g/mol. The number of carbonyl (C=O) groups excluding carboxylic acids is 1. The number of carbonyl (C=O) groups is 1. The summed E-state index contributed by atoms with van der Waals surface area (Å²) in [5, 5.41) is 3.11. The highest BCUT2D eigenvalue weighted by molar-refractivity contribution is 9.10. The molecule has 1 saturated carbocycles. The van der Waals surface area contributed by atoms with Crippen molar-refractivity contribution in [3.05, 3.63) is 64.1 Å². The van der Waals surface area contributed by atoms with Gasteiger partial charge in [-0.2, -0.15) is 0 Å². The van der Waals surface area contributed by atoms with Crippen LogP contribution in [0.25, 0.3) is 0 Å². The Balaban J connectivity index is 1.88. The van der Waals surface area contributed by atoms with Crippen LogP contribution in [0.2, 0.25) is 0 Å². The molecule has 1 fully saturated rings. The monoisotopic (exact) mass is 357 g/mol. The molecule has 2 aromatic rings. The molecule has 0 heterocycles. The van der Waals surface area contributed by atoms with Gasteiger partial charge in [0, 0.05) is 10.2 Å². The number of aryl methyl sites for hydroxylation is 1. The van der Waals surface area contributed by atoms with Crippen molar-refractivity contribution in [1.82, 2.24) is 0 Å². The minimum Gasteiger partial charge on any atom is -0.325 e. The molecule has 0 bridgehead atoms. The molecule has 2 aromatic carbocycles. The number of amides is 1. The summed E-state index contributed by atoms with van der Waals surface area (Å²) in [7, 11) is 0. The average Bonchev–Trinajstić information content (AvgIpc) is 3.01. The van der Waals surface area contributed by atoms with Gasteiger partial charge in [-0.25, -0.2) is 0 Å². The highest BCUT2D eigenvalue weighted by Crippen LogP contribution is 2.42. The molecule has 0 aliphatic heterocycles. The molecule has 0 spiro atoms. The van der Waals surface area contributed by atoms with Crippen LogP contribution in [0, 0.1) is 6.92 Å². The Hall–Kier alpha value is -1.61. The molecule has 114 valence electrons. The van der Waals surface area contributed by atoms with Crippen molar-refractivity contribution in [2.75, 3.05) is 5.32 Å². The summed E-state index contributed by atoms with van der Waals surface area (Å²) < 4.78 is 1.04. The second-order valence-corrected chi connectivity index (χ2v) is 7.03. The van der Waals surface area contributed by atoms with E-state index in [1.807, 2.05) is 43.3 Å². The van der Waals surface area contributed by atoms with Crippen LogP contribution in [-0.2, 0) is 10.2 Å². The molecule has 3 heteroatoms. The van der Waals surface area contributed by atoms with Crippen molar-refractivity contribution >= 4 is 27.5 Å². The zero-order valence-electron chi connectivity index (χ0n) is 12.7. The van der Waals surface area contributed by atoms with Crippen molar-refractivity contribution in [3.8, 4) is 0 Å². The van der Waals surface area contributed by atoms with E-state index in [1.165, 1.54) is 5.56 Å². The van der Waals surface area contributed by atoms with E-state index in [0.29, 0.717) is 0 Å². The van der Waals surface area contributed by atoms with Crippen molar-refractivity contribution in [1.29, 1.82) is 0 Å². The largest absolute Gasteiger partial charge is 0.325 e. The summed E-state index contributed by atoms with van der Waals surface area (Å²) in [6, 6.07) is 16.2. The molecule has 1 amide bonds. The summed E-state index contributed by atoms with van der Waals surface area (Å²) in [6.07, 6.45) is 4.06. The second-order valence-electron chi connectivity index (χ2n) is 6.12. The molecule has 0 aromatic heterocycles. The number of rotatable bonds is 3. The Kier molecular flexibility index (Phi) is 4.34. The first kappa shape index (κ1) is 15.3. The van der Waals surface area contributed by atoms with Gasteiger partial charge < -0.3 is 5.32 Å². The molecule has 1 aliphatic rings. The van der Waals surface area contributed by atoms with Crippen LogP contribution in [0.3, 0.4) is 0 Å². The first-order valence-corrected chi connectivity index (χ1v) is 8.54. The predicted octanol–water partition coefficient (Wildman–Crippen LogP) is 5.21. The van der Waals surface area contributed by atoms with Gasteiger partial charge in [0.05, 0.1) is 5.41 Å². The fraction of sp³-hybridized carbons (Fsp3) is 0.316. The van der Waals surface area contributed by atoms with E-state index in [2.05, 4.69) is 33.4 Å². The molecule has 0 unspecified atom stereocenters. The Morgan fingerprint density at radius 3 is 2.18 bits per heavy atom. The van der Waals surface area contributed by atoms with Gasteiger partial charge in [0.1, 0.15) is 0 Å². The summed E-state index contributed by atoms with van der Waals surface area (Å²) in [5.74, 6) is 0.121. The third kappa shape index (κ3) is 2.95. The summed E-state index contributed by atoms with van der Waals surface area (Å²) in [5.41, 5.74) is 2.81. The number of hydrogen-bond donors (Lipinski definition) is 1. The number of nitrogens with one attached hydrogen (secondary N) is 1. The molecule has 2 nitrogen and oxygen atoms in total. The number of hydrogen-bond acceptors (Lipinski definition) is 1. The van der Waals surface area contributed by atoms with Crippen LogP contribution in [0.1, 0.15) is 36.8 Å². The van der Waals surface area contributed by atoms with Crippen LogP contribution in [0.15, 0.2) is 53.0 Å². The molecular formula is C19H20BrNO. The summed E-state index contributed by atoms with van der Waals surface area (Å²) in [6.45, 7) is 2.05. The first-order chi connectivity index (χ1) is 10.6. The summed E-state index contributed by atoms with van der Waals surface area (Å²) in [4.78, 5) is 13.0. The van der Waals surface area contributed by atoms with Gasteiger partial charge in [-0.3, -0.25) is 4.79 Å². The Bertz CT molecular complexity index is 655. The third-order valence-corrected chi connectivity index (χ3v) is 5.13. The topological polar surface area (TPSA) is 29.1 Å². The van der Waals surface area contributed by atoms with Crippen molar-refractivity contribution in [3.63, 3.8) is 0 Å². The van der Waals surface area contributed by atoms with Gasteiger partial charge in [0.15, 0.2) is 0 Å². The lowest BCUT2D eigenvalue weighted by Crippen LogP contribution is -2.37. The standard InChI is InChI=1S/C19H20BrNO/c1-14-4-10-17(11-5-14)21-18(22)19(12-2-3-13-19)15-6-8-16(20)9-7-15/h4-11H,2-3,12-13H2,1H3,(H,21,22). The minimum atomic E-state index is -0.383. The SMILES string of the molecule is Cc1ccc(NC(=O)C2(c3ccc(Br)cc3)CCCC2)cc1. The Labute approximate surface area is 140 Å². The number of benzene rings is 2. The maximum Gasteiger partial charge on any atom is 0.235 e. The maximum atomic E-state index is 13.0. The Morgan fingerprint density at radius 2 is 1.59 bits per heavy atom. The minimum absolute atomic E-state index is 0.121. The van der Waals surface area contributed by atoms with Gasteiger partial charge >= 0.3 is 0 Å². The maximum absolute atomic E-state index is 13.0. The van der Waals surface area contributed by atoms with Crippen LogP contribution in [0.5, 0.6) is 0 Å². The fourth-order valence-corrected chi connectivity index (χ4v) is 3.55. The van der Waals surface area contributed by atoms with Crippen molar-refractivity contribution < 1.29 is 4.79 Å². The highest BCUT2D eigenvalue weighted by atomic mass is 79.9. The molecular weight excluding hydrogens is 338 g/mol. The van der Waals surface area contributed by atoms with E-state index in [-0.39, 0.29) is 11.3 Å². The molecule has 0 atom stereocenters. The molecule has 1 N–H and O–H groups in total. The van der Waals surface area contributed by atoms with Gasteiger partial charge in [0.25, 0.3) is 0 Å². The van der Waals surface area contributed by atoms with Gasteiger partial charge in [0.2, 0.25) is 5.91 Å². The lowest BCUT2D eigenvalue weighted by atomic mass is 9.78. The lowest BCUT2D eigenvalue weighted by Gasteiger charge is -2.28. The smallest absolute Gasteiger partial charge is 0.235 e. The van der Waals surface area contributed by atoms with Crippen molar-refractivity contribution in [2.45, 2.75) is 38.0 Å². The van der Waals surface area contributed by atoms with Gasteiger partial charge in [-0.05, 0) is 49.6 Å². The van der Waals surface area contributed by atoms with E-state index < -0.39 is 0 Å². The van der Waals surface area contributed by atoms with Gasteiger partial charge in [-0.1, -0.05) is 58.6 Å². The van der Waals surface area contributed by atoms with Crippen LogP contribution < -0.4 is 5.32 Å². The third-order valence-electron chi connectivity index (χ3n) is 4.60. The van der Waals surface area contributed by atoms with Crippen LogP contribution >= 0.6 is 15.9 Å². The molecule has 0 saturated heterocycles. The Morgan fingerprint density at radius 1 is 1.00 bits per heavy atom. The lowest BCUT2D eigenvalue weighted by molar-refractivity contribution is -0.121. The summed E-state index contributed by atoms with van der Waals surface area (Å²) >= 11 is 3.47. The van der Waals surface area contributed by atoms with E-state index >= 15 is 0 Å².